The van der Waals surface area contributed by atoms with Gasteiger partial charge < -0.3 is 14.8 Å². The van der Waals surface area contributed by atoms with Gasteiger partial charge in [-0.15, -0.1) is 0 Å². The third-order valence-corrected chi connectivity index (χ3v) is 3.16. The molecular formula is C15H16BrNO2. The summed E-state index contributed by atoms with van der Waals surface area (Å²) in [4.78, 5) is 0. The molecule has 0 aliphatic rings. The van der Waals surface area contributed by atoms with Crippen LogP contribution in [0.1, 0.15) is 5.56 Å². The Bertz CT molecular complexity index is 558. The van der Waals surface area contributed by atoms with Crippen LogP contribution in [0.5, 0.6) is 17.2 Å². The topological polar surface area (TPSA) is 30.5 Å². The average molecular weight is 322 g/mol. The lowest BCUT2D eigenvalue weighted by Crippen LogP contribution is -2.06. The van der Waals surface area contributed by atoms with Gasteiger partial charge in [0.1, 0.15) is 17.2 Å². The van der Waals surface area contributed by atoms with E-state index in [-0.39, 0.29) is 0 Å². The molecule has 0 bridgehead atoms. The van der Waals surface area contributed by atoms with Crippen LogP contribution in [0.25, 0.3) is 0 Å². The van der Waals surface area contributed by atoms with Crippen molar-refractivity contribution in [2.24, 2.45) is 0 Å². The number of ether oxygens (including phenoxy) is 2. The molecule has 0 fully saturated rings. The van der Waals surface area contributed by atoms with Crippen molar-refractivity contribution in [3.63, 3.8) is 0 Å². The van der Waals surface area contributed by atoms with Gasteiger partial charge in [0.2, 0.25) is 0 Å². The van der Waals surface area contributed by atoms with Gasteiger partial charge in [-0.3, -0.25) is 0 Å². The first kappa shape index (κ1) is 13.9. The van der Waals surface area contributed by atoms with Crippen LogP contribution in [0, 0.1) is 0 Å². The van der Waals surface area contributed by atoms with Crippen LogP contribution in [0.15, 0.2) is 46.9 Å². The second kappa shape index (κ2) is 6.59. The van der Waals surface area contributed by atoms with E-state index in [9.17, 15) is 0 Å². The number of hydrogen-bond donors (Lipinski definition) is 1. The highest BCUT2D eigenvalue weighted by molar-refractivity contribution is 9.10. The van der Waals surface area contributed by atoms with Crippen molar-refractivity contribution in [2.75, 3.05) is 14.2 Å². The fourth-order valence-electron chi connectivity index (χ4n) is 1.75. The van der Waals surface area contributed by atoms with E-state index < -0.39 is 0 Å². The molecule has 2 aromatic rings. The van der Waals surface area contributed by atoms with Crippen molar-refractivity contribution in [1.29, 1.82) is 0 Å². The van der Waals surface area contributed by atoms with E-state index in [0.717, 1.165) is 33.8 Å². The van der Waals surface area contributed by atoms with Crippen LogP contribution in [-0.4, -0.2) is 14.2 Å². The van der Waals surface area contributed by atoms with E-state index in [2.05, 4.69) is 21.2 Å². The molecule has 0 aliphatic heterocycles. The summed E-state index contributed by atoms with van der Waals surface area (Å²) in [6, 6.07) is 13.6. The first-order valence-electron chi connectivity index (χ1n) is 5.98. The van der Waals surface area contributed by atoms with Crippen molar-refractivity contribution < 1.29 is 9.47 Å². The van der Waals surface area contributed by atoms with E-state index >= 15 is 0 Å². The van der Waals surface area contributed by atoms with Crippen molar-refractivity contribution in [1.82, 2.24) is 5.32 Å². The Morgan fingerprint density at radius 1 is 1.11 bits per heavy atom. The zero-order valence-corrected chi connectivity index (χ0v) is 12.5. The molecule has 0 unspecified atom stereocenters. The molecule has 100 valence electrons. The van der Waals surface area contributed by atoms with E-state index in [1.165, 1.54) is 0 Å². The highest BCUT2D eigenvalue weighted by Gasteiger charge is 2.06. The molecular weight excluding hydrogens is 306 g/mol. The van der Waals surface area contributed by atoms with Crippen LogP contribution in [-0.2, 0) is 6.54 Å². The molecule has 4 heteroatoms. The number of benzene rings is 2. The Hall–Kier alpha value is -1.52. The van der Waals surface area contributed by atoms with Gasteiger partial charge in [0, 0.05) is 22.6 Å². The molecule has 19 heavy (non-hydrogen) atoms. The van der Waals surface area contributed by atoms with Crippen molar-refractivity contribution in [3.05, 3.63) is 52.5 Å². The second-order valence-electron chi connectivity index (χ2n) is 4.06. The van der Waals surface area contributed by atoms with Gasteiger partial charge in [-0.25, -0.2) is 0 Å². The van der Waals surface area contributed by atoms with E-state index in [4.69, 9.17) is 9.47 Å². The van der Waals surface area contributed by atoms with Gasteiger partial charge in [-0.1, -0.05) is 28.1 Å². The maximum atomic E-state index is 5.94. The van der Waals surface area contributed by atoms with Crippen LogP contribution < -0.4 is 14.8 Å². The maximum absolute atomic E-state index is 5.94. The van der Waals surface area contributed by atoms with Gasteiger partial charge >= 0.3 is 0 Å². The van der Waals surface area contributed by atoms with E-state index in [1.54, 1.807) is 7.11 Å². The molecule has 0 heterocycles. The van der Waals surface area contributed by atoms with Gasteiger partial charge in [0.25, 0.3) is 0 Å². The summed E-state index contributed by atoms with van der Waals surface area (Å²) >= 11 is 3.46. The molecule has 2 rings (SSSR count). The summed E-state index contributed by atoms with van der Waals surface area (Å²) in [5.74, 6) is 2.37. The van der Waals surface area contributed by atoms with Gasteiger partial charge in [-0.05, 0) is 31.3 Å². The molecule has 0 saturated carbocycles. The lowest BCUT2D eigenvalue weighted by molar-refractivity contribution is 0.408. The van der Waals surface area contributed by atoms with Gasteiger partial charge in [0.15, 0.2) is 0 Å². The third kappa shape index (κ3) is 3.72. The number of rotatable bonds is 5. The monoisotopic (exact) mass is 321 g/mol. The molecule has 0 radical (unpaired) electrons. The van der Waals surface area contributed by atoms with E-state index in [0.29, 0.717) is 0 Å². The average Bonchev–Trinajstić information content (AvgIpc) is 2.42. The minimum Gasteiger partial charge on any atom is -0.497 e. The Morgan fingerprint density at radius 2 is 1.89 bits per heavy atom. The van der Waals surface area contributed by atoms with Crippen LogP contribution in [0.3, 0.4) is 0 Å². The van der Waals surface area contributed by atoms with Gasteiger partial charge in [0.05, 0.1) is 7.11 Å². The lowest BCUT2D eigenvalue weighted by Gasteiger charge is -2.12. The van der Waals surface area contributed by atoms with Crippen LogP contribution in [0.4, 0.5) is 0 Å². The molecule has 1 N–H and O–H groups in total. The molecule has 3 nitrogen and oxygen atoms in total. The molecule has 2 aromatic carbocycles. The second-order valence-corrected chi connectivity index (χ2v) is 4.98. The molecule has 0 amide bonds. The zero-order chi connectivity index (χ0) is 13.7. The number of halogens is 1. The predicted molar refractivity (Wildman–Crippen MR) is 80.0 cm³/mol. The fraction of sp³-hybridized carbons (Fsp3) is 0.200. The summed E-state index contributed by atoms with van der Waals surface area (Å²) in [6.07, 6.45) is 0. The SMILES string of the molecule is CNCc1ccc(Br)cc1Oc1cccc(OC)c1. The normalized spacial score (nSPS) is 10.3. The number of hydrogen-bond acceptors (Lipinski definition) is 3. The molecule has 0 spiro atoms. The summed E-state index contributed by atoms with van der Waals surface area (Å²) in [7, 11) is 3.56. The first-order valence-corrected chi connectivity index (χ1v) is 6.77. The van der Waals surface area contributed by atoms with Crippen molar-refractivity contribution in [2.45, 2.75) is 6.54 Å². The molecule has 0 atom stereocenters. The third-order valence-electron chi connectivity index (χ3n) is 2.67. The number of nitrogens with one attached hydrogen (secondary N) is 1. The Labute approximate surface area is 121 Å². The van der Waals surface area contributed by atoms with Crippen molar-refractivity contribution in [3.8, 4) is 17.2 Å². The Balaban J connectivity index is 2.28. The minimum absolute atomic E-state index is 0.757. The summed E-state index contributed by atoms with van der Waals surface area (Å²) < 4.78 is 12.1. The van der Waals surface area contributed by atoms with E-state index in [1.807, 2.05) is 49.5 Å². The first-order chi connectivity index (χ1) is 9.22. The standard InChI is InChI=1S/C15H16BrNO2/c1-17-10-11-6-7-12(16)8-15(11)19-14-5-3-4-13(9-14)18-2/h3-9,17H,10H2,1-2H3. The van der Waals surface area contributed by atoms with Crippen LogP contribution >= 0.6 is 15.9 Å². The van der Waals surface area contributed by atoms with Crippen molar-refractivity contribution >= 4 is 15.9 Å². The maximum Gasteiger partial charge on any atom is 0.133 e. The highest BCUT2D eigenvalue weighted by atomic mass is 79.9. The smallest absolute Gasteiger partial charge is 0.133 e. The zero-order valence-electron chi connectivity index (χ0n) is 10.9. The fourth-order valence-corrected chi connectivity index (χ4v) is 2.09. The summed E-state index contributed by atoms with van der Waals surface area (Å²) in [5, 5.41) is 3.13. The minimum atomic E-state index is 0.757. The Kier molecular flexibility index (Phi) is 4.82. The molecule has 0 aliphatic carbocycles. The lowest BCUT2D eigenvalue weighted by atomic mass is 10.2. The number of methoxy groups -OCH3 is 1. The molecule has 0 aromatic heterocycles. The Morgan fingerprint density at radius 3 is 2.63 bits per heavy atom. The van der Waals surface area contributed by atoms with Gasteiger partial charge in [-0.2, -0.15) is 0 Å². The predicted octanol–water partition coefficient (Wildman–Crippen LogP) is 3.97. The quantitative estimate of drug-likeness (QED) is 0.903. The largest absolute Gasteiger partial charge is 0.497 e. The summed E-state index contributed by atoms with van der Waals surface area (Å²) in [5.41, 5.74) is 1.11. The highest BCUT2D eigenvalue weighted by Crippen LogP contribution is 2.30. The summed E-state index contributed by atoms with van der Waals surface area (Å²) in [6.45, 7) is 0.757. The van der Waals surface area contributed by atoms with Crippen LogP contribution in [0.2, 0.25) is 0 Å². The molecule has 0 saturated heterocycles.